The van der Waals surface area contributed by atoms with Crippen molar-refractivity contribution >= 4 is 0 Å². The van der Waals surface area contributed by atoms with Crippen LogP contribution in [0, 0.1) is 0 Å². The van der Waals surface area contributed by atoms with Gasteiger partial charge in [0.15, 0.2) is 0 Å². The molecule has 4 nitrogen and oxygen atoms in total. The van der Waals surface area contributed by atoms with Crippen LogP contribution in [0.5, 0.6) is 5.75 Å². The lowest BCUT2D eigenvalue weighted by molar-refractivity contribution is -0.0586. The molecule has 1 aromatic rings. The normalized spacial score (nSPS) is 13.4. The minimum Gasteiger partial charge on any atom is -0.490 e. The molecule has 0 saturated heterocycles. The van der Waals surface area contributed by atoms with Crippen LogP contribution in [0.3, 0.4) is 0 Å². The van der Waals surface area contributed by atoms with Crippen molar-refractivity contribution in [3.05, 3.63) is 29.8 Å². The first-order valence-electron chi connectivity index (χ1n) is 6.15. The van der Waals surface area contributed by atoms with Gasteiger partial charge in [0.25, 0.3) is 0 Å². The van der Waals surface area contributed by atoms with E-state index in [9.17, 15) is 5.11 Å². The summed E-state index contributed by atoms with van der Waals surface area (Å²) in [6, 6.07) is 7.55. The number of nitrogens with two attached hydrogens (primary N) is 1. The lowest BCUT2D eigenvalue weighted by atomic mass is 10.2. The summed E-state index contributed by atoms with van der Waals surface area (Å²) in [4.78, 5) is 0. The van der Waals surface area contributed by atoms with Gasteiger partial charge in [0.05, 0.1) is 12.2 Å². The second-order valence-electron chi connectivity index (χ2n) is 5.20. The molecule has 102 valence electrons. The Balaban J connectivity index is 2.40. The lowest BCUT2D eigenvalue weighted by Crippen LogP contribution is -2.30. The molecule has 1 unspecified atom stereocenters. The van der Waals surface area contributed by atoms with E-state index in [1.165, 1.54) is 0 Å². The summed E-state index contributed by atoms with van der Waals surface area (Å²) in [6.07, 6.45) is -0.643. The van der Waals surface area contributed by atoms with Gasteiger partial charge in [-0.3, -0.25) is 0 Å². The van der Waals surface area contributed by atoms with Crippen LogP contribution in [0.15, 0.2) is 24.3 Å². The summed E-state index contributed by atoms with van der Waals surface area (Å²) in [7, 11) is 0. The molecule has 1 rings (SSSR count). The fourth-order valence-corrected chi connectivity index (χ4v) is 1.39. The van der Waals surface area contributed by atoms with E-state index in [2.05, 4.69) is 0 Å². The lowest BCUT2D eigenvalue weighted by Gasteiger charge is -2.22. The Bertz CT molecular complexity index is 360. The van der Waals surface area contributed by atoms with Crippen LogP contribution >= 0.6 is 0 Å². The van der Waals surface area contributed by atoms with E-state index in [0.29, 0.717) is 6.54 Å². The van der Waals surface area contributed by atoms with Crippen molar-refractivity contribution in [3.63, 3.8) is 0 Å². The molecule has 0 aliphatic rings. The van der Waals surface area contributed by atoms with Gasteiger partial charge in [-0.05, 0) is 26.8 Å². The molecule has 0 aromatic heterocycles. The minimum atomic E-state index is -0.643. The zero-order chi connectivity index (χ0) is 13.6. The smallest absolute Gasteiger partial charge is 0.123 e. The summed E-state index contributed by atoms with van der Waals surface area (Å²) in [5.74, 6) is 0.717. The summed E-state index contributed by atoms with van der Waals surface area (Å²) in [5, 5.41) is 9.76. The van der Waals surface area contributed by atoms with Gasteiger partial charge in [-0.25, -0.2) is 0 Å². The van der Waals surface area contributed by atoms with Crippen LogP contribution in [0.2, 0.25) is 0 Å². The highest BCUT2D eigenvalue weighted by atomic mass is 16.5. The first kappa shape index (κ1) is 15.0. The van der Waals surface area contributed by atoms with E-state index in [0.717, 1.165) is 11.3 Å². The molecule has 0 bridgehead atoms. The van der Waals surface area contributed by atoms with E-state index < -0.39 is 6.10 Å². The highest BCUT2D eigenvalue weighted by Crippen LogP contribution is 2.17. The van der Waals surface area contributed by atoms with Gasteiger partial charge in [-0.15, -0.1) is 0 Å². The van der Waals surface area contributed by atoms with Crippen molar-refractivity contribution in [1.29, 1.82) is 0 Å². The maximum atomic E-state index is 9.76. The average molecular weight is 253 g/mol. The minimum absolute atomic E-state index is 0.201. The second-order valence-corrected chi connectivity index (χ2v) is 5.20. The number of hydrogen-bond donors (Lipinski definition) is 2. The zero-order valence-corrected chi connectivity index (χ0v) is 11.3. The Labute approximate surface area is 109 Å². The van der Waals surface area contributed by atoms with E-state index in [4.69, 9.17) is 15.2 Å². The monoisotopic (exact) mass is 253 g/mol. The molecule has 0 spiro atoms. The molecule has 1 atom stereocenters. The fourth-order valence-electron chi connectivity index (χ4n) is 1.39. The molecular formula is C14H23NO3. The summed E-state index contributed by atoms with van der Waals surface area (Å²) in [5.41, 5.74) is 6.28. The number of aliphatic hydroxyl groups excluding tert-OH is 1. The van der Waals surface area contributed by atoms with Crippen molar-refractivity contribution < 1.29 is 14.6 Å². The number of hydrogen-bond acceptors (Lipinski definition) is 4. The Morgan fingerprint density at radius 2 is 1.89 bits per heavy atom. The second kappa shape index (κ2) is 6.73. The zero-order valence-electron chi connectivity index (χ0n) is 11.3. The van der Waals surface area contributed by atoms with Crippen LogP contribution in [-0.2, 0) is 11.3 Å². The van der Waals surface area contributed by atoms with Crippen LogP contribution < -0.4 is 10.5 Å². The maximum Gasteiger partial charge on any atom is 0.123 e. The predicted molar refractivity (Wildman–Crippen MR) is 71.5 cm³/mol. The van der Waals surface area contributed by atoms with Gasteiger partial charge in [-0.1, -0.05) is 18.2 Å². The predicted octanol–water partition coefficient (Wildman–Crippen LogP) is 1.70. The van der Waals surface area contributed by atoms with E-state index in [1.807, 2.05) is 45.0 Å². The molecule has 0 saturated carbocycles. The number of ether oxygens (including phenoxy) is 2. The molecule has 0 amide bonds. The van der Waals surface area contributed by atoms with Gasteiger partial charge in [0.2, 0.25) is 0 Å². The third kappa shape index (κ3) is 5.49. The van der Waals surface area contributed by atoms with Gasteiger partial charge < -0.3 is 20.3 Å². The van der Waals surface area contributed by atoms with Crippen LogP contribution in [0.4, 0.5) is 0 Å². The van der Waals surface area contributed by atoms with Gasteiger partial charge in [0, 0.05) is 12.1 Å². The van der Waals surface area contributed by atoms with Crippen LogP contribution in [0.1, 0.15) is 26.3 Å². The van der Waals surface area contributed by atoms with Crippen LogP contribution in [0.25, 0.3) is 0 Å². The summed E-state index contributed by atoms with van der Waals surface area (Å²) >= 11 is 0. The molecule has 0 fully saturated rings. The molecule has 0 radical (unpaired) electrons. The molecule has 3 N–H and O–H groups in total. The number of aliphatic hydroxyl groups is 1. The Morgan fingerprint density at radius 3 is 2.50 bits per heavy atom. The molecular weight excluding hydrogens is 230 g/mol. The highest BCUT2D eigenvalue weighted by molar-refractivity contribution is 5.32. The molecule has 0 aliphatic carbocycles. The van der Waals surface area contributed by atoms with Crippen molar-refractivity contribution in [2.45, 2.75) is 39.0 Å². The largest absolute Gasteiger partial charge is 0.490 e. The first-order valence-corrected chi connectivity index (χ1v) is 6.15. The third-order valence-electron chi connectivity index (χ3n) is 2.33. The quantitative estimate of drug-likeness (QED) is 0.810. The molecule has 0 aliphatic heterocycles. The third-order valence-corrected chi connectivity index (χ3v) is 2.33. The Kier molecular flexibility index (Phi) is 5.59. The molecule has 0 heterocycles. The van der Waals surface area contributed by atoms with Gasteiger partial charge in [-0.2, -0.15) is 0 Å². The van der Waals surface area contributed by atoms with Gasteiger partial charge >= 0.3 is 0 Å². The highest BCUT2D eigenvalue weighted by Gasteiger charge is 2.14. The van der Waals surface area contributed by atoms with Crippen LogP contribution in [-0.4, -0.2) is 30.0 Å². The van der Waals surface area contributed by atoms with Crippen molar-refractivity contribution in [2.75, 3.05) is 13.2 Å². The summed E-state index contributed by atoms with van der Waals surface area (Å²) < 4.78 is 11.0. The van der Waals surface area contributed by atoms with Crippen molar-refractivity contribution in [3.8, 4) is 5.75 Å². The standard InChI is InChI=1S/C14H23NO3/c1-14(2,3)18-10-12(16)9-17-13-7-5-4-6-11(13)8-15/h4-7,12,16H,8-10,15H2,1-3H3. The Morgan fingerprint density at radius 1 is 1.22 bits per heavy atom. The first-order chi connectivity index (χ1) is 8.42. The number of benzene rings is 1. The van der Waals surface area contributed by atoms with E-state index >= 15 is 0 Å². The van der Waals surface area contributed by atoms with E-state index in [1.54, 1.807) is 0 Å². The Hall–Kier alpha value is -1.10. The van der Waals surface area contributed by atoms with E-state index in [-0.39, 0.29) is 18.8 Å². The SMILES string of the molecule is CC(C)(C)OCC(O)COc1ccccc1CN. The topological polar surface area (TPSA) is 64.7 Å². The molecule has 4 heteroatoms. The number of rotatable bonds is 6. The number of para-hydroxylation sites is 1. The summed E-state index contributed by atoms with van der Waals surface area (Å²) in [6.45, 7) is 6.73. The van der Waals surface area contributed by atoms with Crippen molar-refractivity contribution in [2.24, 2.45) is 5.73 Å². The average Bonchev–Trinajstić information content (AvgIpc) is 2.33. The van der Waals surface area contributed by atoms with Gasteiger partial charge in [0.1, 0.15) is 18.5 Å². The molecule has 18 heavy (non-hydrogen) atoms. The maximum absolute atomic E-state index is 9.76. The fraction of sp³-hybridized carbons (Fsp3) is 0.571. The van der Waals surface area contributed by atoms with Crippen molar-refractivity contribution in [1.82, 2.24) is 0 Å². The molecule has 1 aromatic carbocycles.